The number of hydrogen-bond acceptors (Lipinski definition) is 7. The lowest BCUT2D eigenvalue weighted by Crippen LogP contribution is -2.47. The number of nitrogens with two attached hydrogens (primary N) is 3. The summed E-state index contributed by atoms with van der Waals surface area (Å²) in [6, 6.07) is 6.08. The number of allylic oxidation sites excluding steroid dienone is 4. The Morgan fingerprint density at radius 3 is 1.40 bits per heavy atom. The normalized spacial score (nSPS) is 12.3. The van der Waals surface area contributed by atoms with Crippen molar-refractivity contribution in [3.8, 4) is 0 Å². The van der Waals surface area contributed by atoms with Crippen molar-refractivity contribution in [2.24, 2.45) is 17.2 Å². The number of nitrogens with zero attached hydrogens (tertiary/aromatic N) is 1. The highest BCUT2D eigenvalue weighted by atomic mass is 16.2. The van der Waals surface area contributed by atoms with Crippen molar-refractivity contribution in [1.29, 1.82) is 0 Å². The number of hydrogen-bond donors (Lipinski definition) is 6. The smallest absolute Gasteiger partial charge is 0.251 e. The Morgan fingerprint density at radius 2 is 0.912 bits per heavy atom. The van der Waals surface area contributed by atoms with Crippen molar-refractivity contribution >= 4 is 11.8 Å². The number of nitrogens with one attached hydrogen (secondary N) is 3. The van der Waals surface area contributed by atoms with Gasteiger partial charge in [0.1, 0.15) is 0 Å². The molecule has 394 valence electrons. The molecule has 0 aliphatic carbocycles. The number of rotatable bonds is 51. The van der Waals surface area contributed by atoms with Gasteiger partial charge in [0.15, 0.2) is 0 Å². The minimum atomic E-state index is -0.299. The van der Waals surface area contributed by atoms with Crippen molar-refractivity contribution in [2.75, 3.05) is 58.9 Å². The van der Waals surface area contributed by atoms with Gasteiger partial charge in [-0.2, -0.15) is 0 Å². The average Bonchev–Trinajstić information content (AvgIpc) is 3.35. The predicted octanol–water partition coefficient (Wildman–Crippen LogP) is 12.8. The molecule has 1 rings (SSSR count). The first-order valence-electron chi connectivity index (χ1n) is 29.0. The molecule has 0 radical (unpaired) electrons. The van der Waals surface area contributed by atoms with E-state index in [9.17, 15) is 9.59 Å². The van der Waals surface area contributed by atoms with Crippen LogP contribution in [0.25, 0.3) is 0 Å². The van der Waals surface area contributed by atoms with Crippen LogP contribution in [0.15, 0.2) is 42.5 Å². The van der Waals surface area contributed by atoms with Crippen molar-refractivity contribution in [1.82, 2.24) is 20.9 Å². The third-order valence-electron chi connectivity index (χ3n) is 13.5. The zero-order chi connectivity index (χ0) is 49.2. The highest BCUT2D eigenvalue weighted by Gasteiger charge is 2.18. The number of amides is 2. The Kier molecular flexibility index (Phi) is 46.1. The van der Waals surface area contributed by atoms with Gasteiger partial charge >= 0.3 is 0 Å². The van der Waals surface area contributed by atoms with Gasteiger partial charge in [0, 0.05) is 18.7 Å². The molecule has 0 unspecified atom stereocenters. The van der Waals surface area contributed by atoms with Gasteiger partial charge in [0.2, 0.25) is 5.91 Å². The summed E-state index contributed by atoms with van der Waals surface area (Å²) in [6.45, 7) is 10.8. The second-order valence-electron chi connectivity index (χ2n) is 19.8. The van der Waals surface area contributed by atoms with Gasteiger partial charge in [-0.05, 0) is 178 Å². The topological polar surface area (TPSA) is 152 Å². The van der Waals surface area contributed by atoms with Gasteiger partial charge in [0.05, 0.1) is 6.04 Å². The average molecular weight is 951 g/mol. The first kappa shape index (κ1) is 63.5. The van der Waals surface area contributed by atoms with Gasteiger partial charge in [-0.15, -0.1) is 0 Å². The summed E-state index contributed by atoms with van der Waals surface area (Å²) in [5.41, 5.74) is 20.8. The van der Waals surface area contributed by atoms with Crippen LogP contribution in [0.2, 0.25) is 0 Å². The SMILES string of the molecule is CCCCCCCC/C=C\CCCCCCCCc1ccc(C(=O)NCCNC(=O)[C@H](CCCN(CCCN)CCCN)NCCCN)cc1CCCCCCCC/C=C\CCCCCCCC. The molecule has 0 aliphatic heterocycles. The molecule has 0 bridgehead atoms. The molecule has 9 nitrogen and oxygen atoms in total. The monoisotopic (exact) mass is 950 g/mol. The van der Waals surface area contributed by atoms with Crippen LogP contribution in [-0.4, -0.2) is 81.7 Å². The van der Waals surface area contributed by atoms with E-state index in [-0.39, 0.29) is 17.9 Å². The predicted molar refractivity (Wildman–Crippen MR) is 297 cm³/mol. The molecule has 0 aromatic heterocycles. The van der Waals surface area contributed by atoms with E-state index < -0.39 is 0 Å². The summed E-state index contributed by atoms with van der Waals surface area (Å²) < 4.78 is 0. The van der Waals surface area contributed by atoms with Crippen molar-refractivity contribution in [3.05, 3.63) is 59.2 Å². The van der Waals surface area contributed by atoms with E-state index in [2.05, 4.69) is 71.1 Å². The Balaban J connectivity index is 2.63. The molecule has 68 heavy (non-hydrogen) atoms. The van der Waals surface area contributed by atoms with Crippen molar-refractivity contribution in [2.45, 2.75) is 245 Å². The van der Waals surface area contributed by atoms with E-state index in [1.165, 1.54) is 184 Å². The van der Waals surface area contributed by atoms with Gasteiger partial charge in [-0.1, -0.05) is 160 Å². The Labute approximate surface area is 420 Å². The van der Waals surface area contributed by atoms with Crippen LogP contribution in [0.1, 0.15) is 247 Å². The van der Waals surface area contributed by atoms with E-state index in [1.807, 2.05) is 6.07 Å². The minimum Gasteiger partial charge on any atom is -0.353 e. The largest absolute Gasteiger partial charge is 0.353 e. The summed E-state index contributed by atoms with van der Waals surface area (Å²) in [4.78, 5) is 29.2. The van der Waals surface area contributed by atoms with Crippen LogP contribution < -0.4 is 33.2 Å². The molecule has 0 heterocycles. The van der Waals surface area contributed by atoms with Crippen LogP contribution in [0.3, 0.4) is 0 Å². The molecule has 0 saturated carbocycles. The summed E-state index contributed by atoms with van der Waals surface area (Å²) in [5.74, 6) is -0.0988. The van der Waals surface area contributed by atoms with E-state index >= 15 is 0 Å². The molecule has 1 aromatic carbocycles. The Hall–Kier alpha value is -2.56. The lowest BCUT2D eigenvalue weighted by Gasteiger charge is -2.24. The van der Waals surface area contributed by atoms with Crippen LogP contribution in [0.4, 0.5) is 0 Å². The molecular weight excluding hydrogens is 839 g/mol. The van der Waals surface area contributed by atoms with Crippen LogP contribution in [0, 0.1) is 0 Å². The van der Waals surface area contributed by atoms with Crippen LogP contribution >= 0.6 is 0 Å². The molecule has 9 N–H and O–H groups in total. The molecule has 1 aromatic rings. The highest BCUT2D eigenvalue weighted by Crippen LogP contribution is 2.20. The number of carbonyl (C=O) groups excluding carboxylic acids is 2. The maximum atomic E-state index is 13.5. The zero-order valence-corrected chi connectivity index (χ0v) is 44.7. The maximum absolute atomic E-state index is 13.5. The number of unbranched alkanes of at least 4 members (excludes halogenated alkanes) is 24. The fourth-order valence-corrected chi connectivity index (χ4v) is 9.15. The van der Waals surface area contributed by atoms with E-state index in [0.29, 0.717) is 39.3 Å². The van der Waals surface area contributed by atoms with E-state index in [4.69, 9.17) is 17.2 Å². The van der Waals surface area contributed by atoms with Crippen LogP contribution in [-0.2, 0) is 17.6 Å². The van der Waals surface area contributed by atoms with Gasteiger partial charge in [0.25, 0.3) is 5.91 Å². The highest BCUT2D eigenvalue weighted by molar-refractivity contribution is 5.94. The van der Waals surface area contributed by atoms with Crippen molar-refractivity contribution in [3.63, 3.8) is 0 Å². The molecule has 2 amide bonds. The summed E-state index contributed by atoms with van der Waals surface area (Å²) >= 11 is 0. The van der Waals surface area contributed by atoms with Crippen molar-refractivity contribution < 1.29 is 9.59 Å². The minimum absolute atomic E-state index is 0.0275. The standard InChI is InChI=1S/C59H111N7O2/c1-3-5-7-9-11-13-15-17-19-21-23-25-27-29-31-33-39-54-42-43-56(53-55(54)40-34-32-30-28-26-24-22-20-18-16-14-12-10-8-6-4-2)58(67)64-48-49-65-59(68)57(63-47-36-44-60)41-35-50-66(51-37-45-61)52-38-46-62/h17-20,42-43,53,57,63H,3-16,21-41,44-52,60-62H2,1-2H3,(H,64,67)(H,65,68)/b19-17-,20-18-/t57-/m0/s1. The number of benzene rings is 1. The third kappa shape index (κ3) is 38.2. The van der Waals surface area contributed by atoms with Gasteiger partial charge < -0.3 is 38.1 Å². The first-order chi connectivity index (χ1) is 33.5. The quantitative estimate of drug-likeness (QED) is 0.0281. The van der Waals surface area contributed by atoms with Crippen LogP contribution in [0.5, 0.6) is 0 Å². The molecule has 0 fully saturated rings. The molecule has 0 saturated heterocycles. The zero-order valence-electron chi connectivity index (χ0n) is 44.7. The first-order valence-corrected chi connectivity index (χ1v) is 29.0. The second-order valence-corrected chi connectivity index (χ2v) is 19.8. The summed E-state index contributed by atoms with van der Waals surface area (Å²) in [6.07, 6.45) is 52.8. The lowest BCUT2D eigenvalue weighted by molar-refractivity contribution is -0.123. The fourth-order valence-electron chi connectivity index (χ4n) is 9.15. The summed E-state index contributed by atoms with van der Waals surface area (Å²) in [7, 11) is 0. The van der Waals surface area contributed by atoms with E-state index in [0.717, 1.165) is 76.6 Å². The van der Waals surface area contributed by atoms with E-state index in [1.54, 1.807) is 0 Å². The van der Waals surface area contributed by atoms with Gasteiger partial charge in [-0.25, -0.2) is 0 Å². The Bertz CT molecular complexity index is 1330. The molecule has 0 spiro atoms. The Morgan fingerprint density at radius 1 is 0.485 bits per heavy atom. The molecule has 9 heteroatoms. The molecule has 0 aliphatic rings. The fraction of sp³-hybridized carbons (Fsp3) is 0.797. The second kappa shape index (κ2) is 49.4. The summed E-state index contributed by atoms with van der Waals surface area (Å²) in [5, 5.41) is 9.59. The number of carbonyl (C=O) groups is 2. The third-order valence-corrected chi connectivity index (χ3v) is 13.5. The maximum Gasteiger partial charge on any atom is 0.251 e. The lowest BCUT2D eigenvalue weighted by atomic mass is 9.94. The number of aryl methyl sites for hydroxylation is 2. The molecule has 1 atom stereocenters. The molecular formula is C59H111N7O2. The van der Waals surface area contributed by atoms with Gasteiger partial charge in [-0.3, -0.25) is 9.59 Å².